The van der Waals surface area contributed by atoms with E-state index in [0.717, 1.165) is 22.7 Å². The van der Waals surface area contributed by atoms with Crippen molar-refractivity contribution in [3.63, 3.8) is 0 Å². The third-order valence-corrected chi connectivity index (χ3v) is 4.96. The minimum atomic E-state index is 0.491. The Kier molecular flexibility index (Phi) is 4.19. The van der Waals surface area contributed by atoms with Gasteiger partial charge in [-0.1, -0.05) is 30.3 Å². The first-order valence-electron chi connectivity index (χ1n) is 7.94. The van der Waals surface area contributed by atoms with Crippen LogP contribution in [0.2, 0.25) is 0 Å². The van der Waals surface area contributed by atoms with Crippen molar-refractivity contribution in [2.75, 3.05) is 5.32 Å². The maximum Gasteiger partial charge on any atom is 0.295 e. The molecule has 4 nitrogen and oxygen atoms in total. The summed E-state index contributed by atoms with van der Waals surface area (Å²) in [5.74, 6) is 0. The standard InChI is InChI=1S/C20H15N3OS/c21-12-15-6-8-17(9-7-15)22-20-23-19-16(13-24-20)11-18(25-19)10-14-4-2-1-3-5-14/h1-9,11H,10,13H2,(H,22,23). The van der Waals surface area contributed by atoms with Crippen LogP contribution in [-0.2, 0) is 17.8 Å². The lowest BCUT2D eigenvalue weighted by Crippen LogP contribution is -2.18. The molecule has 0 radical (unpaired) electrons. The van der Waals surface area contributed by atoms with Gasteiger partial charge >= 0.3 is 0 Å². The van der Waals surface area contributed by atoms with E-state index < -0.39 is 0 Å². The second-order valence-electron chi connectivity index (χ2n) is 5.73. The van der Waals surface area contributed by atoms with Gasteiger partial charge in [-0.2, -0.15) is 10.3 Å². The predicted octanol–water partition coefficient (Wildman–Crippen LogP) is 4.84. The second kappa shape index (κ2) is 6.80. The number of hydrogen-bond donors (Lipinski definition) is 1. The van der Waals surface area contributed by atoms with Gasteiger partial charge in [0, 0.05) is 22.5 Å². The largest absolute Gasteiger partial charge is 0.460 e. The van der Waals surface area contributed by atoms with Crippen molar-refractivity contribution in [2.45, 2.75) is 13.0 Å². The van der Waals surface area contributed by atoms with E-state index in [0.29, 0.717) is 18.2 Å². The van der Waals surface area contributed by atoms with Gasteiger partial charge in [-0.15, -0.1) is 11.3 Å². The van der Waals surface area contributed by atoms with E-state index in [1.807, 2.05) is 18.2 Å². The number of ether oxygens (including phenoxy) is 1. The quantitative estimate of drug-likeness (QED) is 0.739. The first-order valence-corrected chi connectivity index (χ1v) is 8.76. The molecule has 25 heavy (non-hydrogen) atoms. The van der Waals surface area contributed by atoms with Crippen LogP contribution in [0, 0.1) is 11.3 Å². The molecule has 0 unspecified atom stereocenters. The van der Waals surface area contributed by atoms with E-state index in [4.69, 9.17) is 10.00 Å². The van der Waals surface area contributed by atoms with Crippen molar-refractivity contribution >= 4 is 28.0 Å². The third-order valence-electron chi connectivity index (χ3n) is 3.89. The van der Waals surface area contributed by atoms with Gasteiger partial charge in [0.2, 0.25) is 0 Å². The molecule has 0 saturated carbocycles. The van der Waals surface area contributed by atoms with Crippen LogP contribution < -0.4 is 5.32 Å². The summed E-state index contributed by atoms with van der Waals surface area (Å²) in [6.07, 6.45) is 0.909. The van der Waals surface area contributed by atoms with Crippen LogP contribution in [0.15, 0.2) is 65.7 Å². The molecule has 0 fully saturated rings. The van der Waals surface area contributed by atoms with E-state index >= 15 is 0 Å². The van der Waals surface area contributed by atoms with E-state index in [-0.39, 0.29) is 0 Å². The van der Waals surface area contributed by atoms with Gasteiger partial charge in [-0.3, -0.25) is 0 Å². The Hall–Kier alpha value is -3.10. The third kappa shape index (κ3) is 3.54. The molecule has 4 rings (SSSR count). The van der Waals surface area contributed by atoms with Gasteiger partial charge in [-0.25, -0.2) is 0 Å². The number of rotatable bonds is 3. The van der Waals surface area contributed by atoms with Gasteiger partial charge in [-0.05, 0) is 35.9 Å². The molecule has 2 aromatic carbocycles. The van der Waals surface area contributed by atoms with Gasteiger partial charge in [0.25, 0.3) is 6.02 Å². The number of nitrogens with zero attached hydrogens (tertiary/aromatic N) is 2. The highest BCUT2D eigenvalue weighted by atomic mass is 32.1. The molecular formula is C20H15N3OS. The van der Waals surface area contributed by atoms with Gasteiger partial charge in [0.15, 0.2) is 0 Å². The first-order chi connectivity index (χ1) is 12.3. The monoisotopic (exact) mass is 345 g/mol. The molecule has 0 bridgehead atoms. The number of anilines is 1. The highest BCUT2D eigenvalue weighted by molar-refractivity contribution is 7.16. The number of aliphatic imine (C=N–C) groups is 1. The number of nitrogens with one attached hydrogen (secondary N) is 1. The lowest BCUT2D eigenvalue weighted by atomic mass is 10.1. The molecule has 122 valence electrons. The predicted molar refractivity (Wildman–Crippen MR) is 100 cm³/mol. The zero-order valence-corrected chi connectivity index (χ0v) is 14.2. The fourth-order valence-electron chi connectivity index (χ4n) is 2.64. The molecule has 2 heterocycles. The molecule has 0 atom stereocenters. The van der Waals surface area contributed by atoms with Crippen molar-refractivity contribution in [3.05, 3.63) is 82.2 Å². The molecule has 0 amide bonds. The normalized spacial score (nSPS) is 12.5. The summed E-state index contributed by atoms with van der Waals surface area (Å²) in [6, 6.07) is 22.4. The molecule has 1 aromatic heterocycles. The fourth-order valence-corrected chi connectivity index (χ4v) is 3.71. The summed E-state index contributed by atoms with van der Waals surface area (Å²) in [5, 5.41) is 13.0. The van der Waals surface area contributed by atoms with E-state index in [2.05, 4.69) is 46.7 Å². The molecule has 1 aliphatic heterocycles. The minimum Gasteiger partial charge on any atom is -0.460 e. The van der Waals surface area contributed by atoms with Crippen LogP contribution in [-0.4, -0.2) is 6.02 Å². The smallest absolute Gasteiger partial charge is 0.295 e. The fraction of sp³-hybridized carbons (Fsp3) is 0.100. The van der Waals surface area contributed by atoms with Crippen LogP contribution in [0.1, 0.15) is 21.6 Å². The highest BCUT2D eigenvalue weighted by Gasteiger charge is 2.17. The maximum atomic E-state index is 8.85. The Labute approximate surface area is 150 Å². The summed E-state index contributed by atoms with van der Waals surface area (Å²) in [5.41, 5.74) is 3.90. The molecule has 0 spiro atoms. The van der Waals surface area contributed by atoms with Gasteiger partial charge in [0.05, 0.1) is 11.6 Å². The van der Waals surface area contributed by atoms with Crippen LogP contribution in [0.4, 0.5) is 10.7 Å². The number of hydrogen-bond acceptors (Lipinski definition) is 5. The Morgan fingerprint density at radius 3 is 2.68 bits per heavy atom. The molecule has 1 aliphatic rings. The van der Waals surface area contributed by atoms with Crippen molar-refractivity contribution in [1.82, 2.24) is 0 Å². The summed E-state index contributed by atoms with van der Waals surface area (Å²) in [6.45, 7) is 0.517. The Bertz CT molecular complexity index is 953. The number of nitriles is 1. The maximum absolute atomic E-state index is 8.85. The lowest BCUT2D eigenvalue weighted by molar-refractivity contribution is 0.287. The number of fused-ring (bicyclic) bond motifs is 1. The van der Waals surface area contributed by atoms with Crippen molar-refractivity contribution in [1.29, 1.82) is 5.26 Å². The van der Waals surface area contributed by atoms with Crippen LogP contribution in [0.5, 0.6) is 0 Å². The second-order valence-corrected chi connectivity index (χ2v) is 6.84. The van der Waals surface area contributed by atoms with Crippen LogP contribution in [0.3, 0.4) is 0 Å². The molecule has 0 aliphatic carbocycles. The Morgan fingerprint density at radius 2 is 1.92 bits per heavy atom. The number of benzene rings is 2. The minimum absolute atomic E-state index is 0.491. The summed E-state index contributed by atoms with van der Waals surface area (Å²) < 4.78 is 5.71. The zero-order chi connectivity index (χ0) is 17.1. The van der Waals surface area contributed by atoms with Crippen molar-refractivity contribution in [2.24, 2.45) is 4.99 Å². The molecule has 1 N–H and O–H groups in total. The Morgan fingerprint density at radius 1 is 1.12 bits per heavy atom. The average molecular weight is 345 g/mol. The van der Waals surface area contributed by atoms with Crippen molar-refractivity contribution < 1.29 is 4.74 Å². The molecule has 5 heteroatoms. The van der Waals surface area contributed by atoms with E-state index in [1.165, 1.54) is 10.4 Å². The lowest BCUT2D eigenvalue weighted by Gasteiger charge is -2.15. The molecule has 3 aromatic rings. The zero-order valence-electron chi connectivity index (χ0n) is 13.4. The van der Waals surface area contributed by atoms with E-state index in [1.54, 1.807) is 23.5 Å². The van der Waals surface area contributed by atoms with Crippen LogP contribution >= 0.6 is 11.3 Å². The van der Waals surface area contributed by atoms with E-state index in [9.17, 15) is 0 Å². The summed E-state index contributed by atoms with van der Waals surface area (Å²) in [4.78, 5) is 5.86. The van der Waals surface area contributed by atoms with Crippen molar-refractivity contribution in [3.8, 4) is 6.07 Å². The van der Waals surface area contributed by atoms with Crippen LogP contribution in [0.25, 0.3) is 0 Å². The van der Waals surface area contributed by atoms with Gasteiger partial charge in [0.1, 0.15) is 11.6 Å². The topological polar surface area (TPSA) is 57.4 Å². The summed E-state index contributed by atoms with van der Waals surface area (Å²) in [7, 11) is 0. The average Bonchev–Trinajstić information content (AvgIpc) is 3.04. The highest BCUT2D eigenvalue weighted by Crippen LogP contribution is 2.35. The van der Waals surface area contributed by atoms with Gasteiger partial charge < -0.3 is 10.1 Å². The Balaban J connectivity index is 1.50. The first kappa shape index (κ1) is 15.4. The SMILES string of the molecule is N#Cc1ccc(NC2=Nc3sc(Cc4ccccc4)cc3CO2)cc1. The number of thiophene rings is 1. The number of amidine groups is 1. The molecular weight excluding hydrogens is 330 g/mol. The summed E-state index contributed by atoms with van der Waals surface area (Å²) >= 11 is 1.70. The molecule has 0 saturated heterocycles.